The largest absolute Gasteiger partial charge is 0.493 e. The van der Waals surface area contributed by atoms with Crippen LogP contribution in [0.5, 0.6) is 17.2 Å². The van der Waals surface area contributed by atoms with E-state index in [4.69, 9.17) is 24.2 Å². The van der Waals surface area contributed by atoms with Gasteiger partial charge in [-0.3, -0.25) is 4.79 Å². The summed E-state index contributed by atoms with van der Waals surface area (Å²) in [7, 11) is 4.53. The second kappa shape index (κ2) is 8.00. The summed E-state index contributed by atoms with van der Waals surface area (Å²) in [4.78, 5) is 11.7. The van der Waals surface area contributed by atoms with E-state index in [1.807, 2.05) is 6.07 Å². The topological polar surface area (TPSA) is 77.8 Å². The fraction of sp³-hybridized carbons (Fsp3) is 0.467. The smallest absolute Gasteiger partial charge is 0.323 e. The first-order valence-electron chi connectivity index (χ1n) is 6.46. The lowest BCUT2D eigenvalue weighted by atomic mass is 10.00. The molecule has 0 aliphatic rings. The van der Waals surface area contributed by atoms with Crippen LogP contribution in [0.2, 0.25) is 0 Å². The third kappa shape index (κ3) is 4.02. The van der Waals surface area contributed by atoms with Crippen LogP contribution in [0.15, 0.2) is 12.1 Å². The first-order valence-corrected chi connectivity index (χ1v) is 6.46. The summed E-state index contributed by atoms with van der Waals surface area (Å²) in [5.41, 5.74) is 0.726. The van der Waals surface area contributed by atoms with Crippen molar-refractivity contribution in [3.05, 3.63) is 17.7 Å². The fourth-order valence-electron chi connectivity index (χ4n) is 1.91. The molecule has 6 nitrogen and oxygen atoms in total. The van der Waals surface area contributed by atoms with Crippen LogP contribution in [0.3, 0.4) is 0 Å². The summed E-state index contributed by atoms with van der Waals surface area (Å²) >= 11 is 0. The van der Waals surface area contributed by atoms with E-state index in [0.29, 0.717) is 17.2 Å². The van der Waals surface area contributed by atoms with Gasteiger partial charge in [0.15, 0.2) is 11.5 Å². The SMILES string of the molecule is CCOC(=O)C(C#N)Cc1cc(OC)c(OC)c(OC)c1. The van der Waals surface area contributed by atoms with Crippen LogP contribution in [0.4, 0.5) is 0 Å². The van der Waals surface area contributed by atoms with Crippen LogP contribution in [0.25, 0.3) is 0 Å². The van der Waals surface area contributed by atoms with Gasteiger partial charge in [0.05, 0.1) is 34.0 Å². The van der Waals surface area contributed by atoms with Crippen LogP contribution in [-0.2, 0) is 16.0 Å². The monoisotopic (exact) mass is 293 g/mol. The molecule has 0 N–H and O–H groups in total. The summed E-state index contributed by atoms with van der Waals surface area (Å²) in [6.45, 7) is 1.94. The second-order valence-electron chi connectivity index (χ2n) is 4.17. The lowest BCUT2D eigenvalue weighted by molar-refractivity contribution is -0.145. The van der Waals surface area contributed by atoms with E-state index in [0.717, 1.165) is 5.56 Å². The number of carbonyl (C=O) groups excluding carboxylic acids is 1. The number of esters is 1. The average molecular weight is 293 g/mol. The Labute approximate surface area is 124 Å². The Morgan fingerprint density at radius 3 is 2.14 bits per heavy atom. The molecule has 0 aliphatic heterocycles. The molecule has 0 saturated heterocycles. The molecule has 0 saturated carbocycles. The number of nitrogens with zero attached hydrogens (tertiary/aromatic N) is 1. The van der Waals surface area contributed by atoms with E-state index >= 15 is 0 Å². The average Bonchev–Trinajstić information content (AvgIpc) is 2.51. The Bertz CT molecular complexity index is 510. The Morgan fingerprint density at radius 1 is 1.19 bits per heavy atom. The summed E-state index contributed by atoms with van der Waals surface area (Å²) in [5, 5.41) is 9.10. The molecule has 0 bridgehead atoms. The number of methoxy groups -OCH3 is 3. The minimum absolute atomic E-state index is 0.214. The Balaban J connectivity index is 3.08. The maximum absolute atomic E-state index is 11.7. The van der Waals surface area contributed by atoms with Crippen molar-refractivity contribution in [2.45, 2.75) is 13.3 Å². The second-order valence-corrected chi connectivity index (χ2v) is 4.17. The summed E-state index contributed by atoms with van der Waals surface area (Å²) < 4.78 is 20.6. The van der Waals surface area contributed by atoms with Gasteiger partial charge in [-0.05, 0) is 31.0 Å². The highest BCUT2D eigenvalue weighted by Crippen LogP contribution is 2.38. The van der Waals surface area contributed by atoms with Gasteiger partial charge in [0.1, 0.15) is 5.92 Å². The van der Waals surface area contributed by atoms with Gasteiger partial charge in [-0.2, -0.15) is 5.26 Å². The number of ether oxygens (including phenoxy) is 4. The normalized spacial score (nSPS) is 11.2. The number of rotatable bonds is 7. The molecule has 1 aromatic rings. The molecule has 0 radical (unpaired) electrons. The van der Waals surface area contributed by atoms with Gasteiger partial charge < -0.3 is 18.9 Å². The molecule has 1 atom stereocenters. The van der Waals surface area contributed by atoms with Gasteiger partial charge in [0, 0.05) is 0 Å². The first kappa shape index (κ1) is 16.6. The zero-order valence-electron chi connectivity index (χ0n) is 12.6. The van der Waals surface area contributed by atoms with E-state index in [9.17, 15) is 4.79 Å². The molecule has 114 valence electrons. The van der Waals surface area contributed by atoms with E-state index in [-0.39, 0.29) is 13.0 Å². The van der Waals surface area contributed by atoms with Crippen LogP contribution in [-0.4, -0.2) is 33.9 Å². The third-order valence-electron chi connectivity index (χ3n) is 2.89. The number of benzene rings is 1. The molecule has 1 aromatic carbocycles. The minimum Gasteiger partial charge on any atom is -0.493 e. The highest BCUT2D eigenvalue weighted by Gasteiger charge is 2.22. The van der Waals surface area contributed by atoms with Crippen molar-refractivity contribution in [3.63, 3.8) is 0 Å². The number of carbonyl (C=O) groups is 1. The number of hydrogen-bond donors (Lipinski definition) is 0. The van der Waals surface area contributed by atoms with Gasteiger partial charge in [0.2, 0.25) is 5.75 Å². The molecule has 0 aromatic heterocycles. The predicted octanol–water partition coefficient (Wildman–Crippen LogP) is 1.96. The third-order valence-corrected chi connectivity index (χ3v) is 2.89. The van der Waals surface area contributed by atoms with E-state index in [2.05, 4.69) is 0 Å². The van der Waals surface area contributed by atoms with Gasteiger partial charge in [-0.25, -0.2) is 0 Å². The van der Waals surface area contributed by atoms with Crippen LogP contribution in [0.1, 0.15) is 12.5 Å². The van der Waals surface area contributed by atoms with Gasteiger partial charge >= 0.3 is 5.97 Å². The Morgan fingerprint density at radius 2 is 1.76 bits per heavy atom. The lowest BCUT2D eigenvalue weighted by Gasteiger charge is -2.15. The van der Waals surface area contributed by atoms with Crippen molar-refractivity contribution < 1.29 is 23.7 Å². The standard InChI is InChI=1S/C15H19NO5/c1-5-21-15(17)11(9-16)6-10-7-12(18-2)14(20-4)13(8-10)19-3/h7-8,11H,5-6H2,1-4H3. The summed E-state index contributed by atoms with van der Waals surface area (Å²) in [6.07, 6.45) is 0.214. The van der Waals surface area contributed by atoms with Crippen molar-refractivity contribution in [1.82, 2.24) is 0 Å². The molecule has 1 rings (SSSR count). The summed E-state index contributed by atoms with van der Waals surface area (Å²) in [5.74, 6) is 0.0229. The van der Waals surface area contributed by atoms with Crippen molar-refractivity contribution in [2.24, 2.45) is 5.92 Å². The molecule has 6 heteroatoms. The van der Waals surface area contributed by atoms with Crippen LogP contribution >= 0.6 is 0 Å². The van der Waals surface area contributed by atoms with Crippen molar-refractivity contribution >= 4 is 5.97 Å². The molecular weight excluding hydrogens is 274 g/mol. The zero-order chi connectivity index (χ0) is 15.8. The molecule has 0 spiro atoms. The molecule has 21 heavy (non-hydrogen) atoms. The van der Waals surface area contributed by atoms with Gasteiger partial charge in [0.25, 0.3) is 0 Å². The highest BCUT2D eigenvalue weighted by atomic mass is 16.5. The maximum Gasteiger partial charge on any atom is 0.323 e. The zero-order valence-corrected chi connectivity index (χ0v) is 12.6. The van der Waals surface area contributed by atoms with E-state index in [1.165, 1.54) is 21.3 Å². The van der Waals surface area contributed by atoms with Crippen LogP contribution < -0.4 is 14.2 Å². The van der Waals surface area contributed by atoms with Crippen molar-refractivity contribution in [2.75, 3.05) is 27.9 Å². The highest BCUT2D eigenvalue weighted by molar-refractivity contribution is 5.75. The predicted molar refractivity (Wildman–Crippen MR) is 75.5 cm³/mol. The number of hydrogen-bond acceptors (Lipinski definition) is 6. The fourth-order valence-corrected chi connectivity index (χ4v) is 1.91. The minimum atomic E-state index is -0.868. The van der Waals surface area contributed by atoms with Crippen molar-refractivity contribution in [3.8, 4) is 23.3 Å². The van der Waals surface area contributed by atoms with E-state index in [1.54, 1.807) is 19.1 Å². The van der Waals surface area contributed by atoms with Gasteiger partial charge in [-0.15, -0.1) is 0 Å². The molecule has 0 fully saturated rings. The van der Waals surface area contributed by atoms with Gasteiger partial charge in [-0.1, -0.05) is 0 Å². The first-order chi connectivity index (χ1) is 10.1. The summed E-state index contributed by atoms with van der Waals surface area (Å²) in [6, 6.07) is 5.38. The molecule has 0 heterocycles. The quantitative estimate of drug-likeness (QED) is 0.715. The molecule has 0 aliphatic carbocycles. The maximum atomic E-state index is 11.7. The molecule has 0 amide bonds. The number of nitriles is 1. The van der Waals surface area contributed by atoms with Crippen LogP contribution in [0, 0.1) is 17.2 Å². The molecular formula is C15H19NO5. The Hall–Kier alpha value is -2.42. The Kier molecular flexibility index (Phi) is 6.34. The molecule has 1 unspecified atom stereocenters. The van der Waals surface area contributed by atoms with E-state index < -0.39 is 11.9 Å². The van der Waals surface area contributed by atoms with Crippen molar-refractivity contribution in [1.29, 1.82) is 5.26 Å². The lowest BCUT2D eigenvalue weighted by Crippen LogP contribution is -2.18.